The first-order valence-electron chi connectivity index (χ1n) is 11.3. The molecule has 1 N–H and O–H groups in total. The van der Waals surface area contributed by atoms with Crippen LogP contribution in [0.5, 0.6) is 11.5 Å². The van der Waals surface area contributed by atoms with Gasteiger partial charge >= 0.3 is 0 Å². The third kappa shape index (κ3) is 6.50. The number of amides is 2. The van der Waals surface area contributed by atoms with Gasteiger partial charge in [-0.1, -0.05) is 56.3 Å². The van der Waals surface area contributed by atoms with Crippen molar-refractivity contribution in [1.82, 2.24) is 10.2 Å². The second-order valence-electron chi connectivity index (χ2n) is 8.58. The lowest BCUT2D eigenvalue weighted by Gasteiger charge is -2.29. The predicted molar refractivity (Wildman–Crippen MR) is 138 cm³/mol. The second-order valence-corrected chi connectivity index (χ2v) is 9.37. The molecule has 0 unspecified atom stereocenters. The highest BCUT2D eigenvalue weighted by atomic mass is 79.9. The van der Waals surface area contributed by atoms with Crippen LogP contribution in [0.3, 0.4) is 0 Å². The van der Waals surface area contributed by atoms with Crippen molar-refractivity contribution in [1.29, 1.82) is 0 Å². The molecule has 7 heteroatoms. The third-order valence-corrected chi connectivity index (χ3v) is 6.34. The SMILES string of the molecule is COc1cccc(CN(C(=O)COc2ccc3ccccc3c2Br)[C@H](C)C(=O)NCC(C)C)c1. The number of nitrogens with zero attached hydrogens (tertiary/aromatic N) is 1. The fraction of sp³-hybridized carbons (Fsp3) is 0.333. The first kappa shape index (κ1) is 25.6. The first-order valence-corrected chi connectivity index (χ1v) is 12.1. The molecule has 0 aromatic heterocycles. The fourth-order valence-electron chi connectivity index (χ4n) is 3.55. The minimum Gasteiger partial charge on any atom is -0.497 e. The van der Waals surface area contributed by atoms with Gasteiger partial charge in [0.2, 0.25) is 5.91 Å². The Hall–Kier alpha value is -3.06. The van der Waals surface area contributed by atoms with E-state index >= 15 is 0 Å². The van der Waals surface area contributed by atoms with Crippen LogP contribution in [0.2, 0.25) is 0 Å². The lowest BCUT2D eigenvalue weighted by atomic mass is 10.1. The van der Waals surface area contributed by atoms with Gasteiger partial charge in [-0.3, -0.25) is 9.59 Å². The van der Waals surface area contributed by atoms with E-state index in [1.807, 2.05) is 74.5 Å². The smallest absolute Gasteiger partial charge is 0.261 e. The molecule has 0 spiro atoms. The van der Waals surface area contributed by atoms with Crippen molar-refractivity contribution in [2.75, 3.05) is 20.3 Å². The summed E-state index contributed by atoms with van der Waals surface area (Å²) in [6.45, 7) is 6.40. The van der Waals surface area contributed by atoms with Gasteiger partial charge in [0, 0.05) is 13.1 Å². The third-order valence-electron chi connectivity index (χ3n) is 5.52. The van der Waals surface area contributed by atoms with Gasteiger partial charge in [0.05, 0.1) is 11.6 Å². The quantitative estimate of drug-likeness (QED) is 0.395. The van der Waals surface area contributed by atoms with Crippen LogP contribution in [-0.2, 0) is 16.1 Å². The number of benzene rings is 3. The summed E-state index contributed by atoms with van der Waals surface area (Å²) < 4.78 is 12.0. The number of ether oxygens (including phenoxy) is 2. The average molecular weight is 527 g/mol. The minimum absolute atomic E-state index is 0.192. The van der Waals surface area contributed by atoms with Crippen molar-refractivity contribution in [3.8, 4) is 11.5 Å². The number of nitrogens with one attached hydrogen (secondary N) is 1. The molecular formula is C27H31BrN2O4. The molecule has 2 amide bonds. The van der Waals surface area contributed by atoms with Gasteiger partial charge in [-0.2, -0.15) is 0 Å². The van der Waals surface area contributed by atoms with E-state index in [9.17, 15) is 9.59 Å². The molecule has 0 aliphatic heterocycles. The van der Waals surface area contributed by atoms with Crippen LogP contribution in [0, 0.1) is 5.92 Å². The molecule has 3 aromatic rings. The van der Waals surface area contributed by atoms with Gasteiger partial charge < -0.3 is 19.7 Å². The van der Waals surface area contributed by atoms with Crippen LogP contribution in [0.4, 0.5) is 0 Å². The summed E-state index contributed by atoms with van der Waals surface area (Å²) in [5.41, 5.74) is 0.864. The largest absolute Gasteiger partial charge is 0.497 e. The molecule has 6 nitrogen and oxygen atoms in total. The Kier molecular flexibility index (Phi) is 8.93. The topological polar surface area (TPSA) is 67.9 Å². The average Bonchev–Trinajstić information content (AvgIpc) is 2.85. The standard InChI is InChI=1S/C27H31BrN2O4/c1-18(2)15-29-27(32)19(3)30(16-20-8-7-10-22(14-20)33-4)25(31)17-34-24-13-12-21-9-5-6-11-23(21)26(24)28/h5-14,18-19H,15-17H2,1-4H3,(H,29,32)/t19-/m1/s1. The number of methoxy groups -OCH3 is 1. The molecule has 0 aliphatic carbocycles. The summed E-state index contributed by atoms with van der Waals surface area (Å²) >= 11 is 3.60. The molecule has 0 fully saturated rings. The maximum absolute atomic E-state index is 13.3. The molecular weight excluding hydrogens is 496 g/mol. The van der Waals surface area contributed by atoms with Crippen LogP contribution >= 0.6 is 15.9 Å². The molecule has 0 saturated heterocycles. The number of fused-ring (bicyclic) bond motifs is 1. The molecule has 0 radical (unpaired) electrons. The van der Waals surface area contributed by atoms with Gasteiger partial charge in [-0.05, 0) is 63.3 Å². The van der Waals surface area contributed by atoms with Gasteiger partial charge in [-0.25, -0.2) is 0 Å². The molecule has 34 heavy (non-hydrogen) atoms. The van der Waals surface area contributed by atoms with E-state index in [1.54, 1.807) is 18.9 Å². The van der Waals surface area contributed by atoms with Crippen molar-refractivity contribution in [3.63, 3.8) is 0 Å². The summed E-state index contributed by atoms with van der Waals surface area (Å²) in [6.07, 6.45) is 0. The molecule has 0 heterocycles. The maximum atomic E-state index is 13.3. The van der Waals surface area contributed by atoms with Crippen molar-refractivity contribution in [3.05, 3.63) is 70.7 Å². The van der Waals surface area contributed by atoms with Crippen molar-refractivity contribution in [2.24, 2.45) is 5.92 Å². The normalized spacial score (nSPS) is 11.8. The Morgan fingerprint density at radius 3 is 2.53 bits per heavy atom. The summed E-state index contributed by atoms with van der Waals surface area (Å²) in [4.78, 5) is 27.7. The summed E-state index contributed by atoms with van der Waals surface area (Å²) in [5, 5.41) is 5.00. The Morgan fingerprint density at radius 2 is 1.79 bits per heavy atom. The number of carbonyl (C=O) groups is 2. The zero-order valence-corrected chi connectivity index (χ0v) is 21.6. The summed E-state index contributed by atoms with van der Waals surface area (Å²) in [5.74, 6) is 1.10. The van der Waals surface area contributed by atoms with E-state index in [2.05, 4.69) is 21.2 Å². The number of carbonyl (C=O) groups excluding carboxylic acids is 2. The molecule has 3 aromatic carbocycles. The van der Waals surface area contributed by atoms with Crippen LogP contribution in [0.1, 0.15) is 26.3 Å². The zero-order chi connectivity index (χ0) is 24.7. The molecule has 180 valence electrons. The Bertz CT molecular complexity index is 1150. The number of hydrogen-bond donors (Lipinski definition) is 1. The molecule has 0 bridgehead atoms. The summed E-state index contributed by atoms with van der Waals surface area (Å²) in [7, 11) is 1.60. The van der Waals surface area contributed by atoms with Gasteiger partial charge in [0.1, 0.15) is 17.5 Å². The van der Waals surface area contributed by atoms with Crippen LogP contribution in [0.25, 0.3) is 10.8 Å². The van der Waals surface area contributed by atoms with E-state index in [0.717, 1.165) is 20.8 Å². The predicted octanol–water partition coefficient (Wildman–Crippen LogP) is 5.18. The van der Waals surface area contributed by atoms with Crippen molar-refractivity contribution < 1.29 is 19.1 Å². The van der Waals surface area contributed by atoms with E-state index in [1.165, 1.54) is 0 Å². The van der Waals surface area contributed by atoms with Crippen LogP contribution in [0.15, 0.2) is 65.1 Å². The van der Waals surface area contributed by atoms with E-state index in [4.69, 9.17) is 9.47 Å². The Morgan fingerprint density at radius 1 is 1.03 bits per heavy atom. The fourth-order valence-corrected chi connectivity index (χ4v) is 4.16. The molecule has 0 aliphatic rings. The number of rotatable bonds is 10. The Balaban J connectivity index is 1.79. The monoisotopic (exact) mass is 526 g/mol. The zero-order valence-electron chi connectivity index (χ0n) is 20.0. The van der Waals surface area contributed by atoms with Crippen LogP contribution < -0.4 is 14.8 Å². The molecule has 1 atom stereocenters. The lowest BCUT2D eigenvalue weighted by molar-refractivity contribution is -0.142. The van der Waals surface area contributed by atoms with Gasteiger partial charge in [-0.15, -0.1) is 0 Å². The number of hydrogen-bond acceptors (Lipinski definition) is 4. The van der Waals surface area contributed by atoms with Crippen LogP contribution in [-0.4, -0.2) is 43.0 Å². The van der Waals surface area contributed by atoms with E-state index in [0.29, 0.717) is 24.0 Å². The maximum Gasteiger partial charge on any atom is 0.261 e. The van der Waals surface area contributed by atoms with Gasteiger partial charge in [0.15, 0.2) is 6.61 Å². The second kappa shape index (κ2) is 11.9. The highest BCUT2D eigenvalue weighted by molar-refractivity contribution is 9.10. The Labute approximate surface area is 209 Å². The number of halogens is 1. The highest BCUT2D eigenvalue weighted by Gasteiger charge is 2.27. The lowest BCUT2D eigenvalue weighted by Crippen LogP contribution is -2.49. The minimum atomic E-state index is -0.666. The molecule has 3 rings (SSSR count). The van der Waals surface area contributed by atoms with Crippen molar-refractivity contribution in [2.45, 2.75) is 33.4 Å². The summed E-state index contributed by atoms with van der Waals surface area (Å²) in [6, 6.07) is 18.5. The van der Waals surface area contributed by atoms with E-state index in [-0.39, 0.29) is 25.0 Å². The van der Waals surface area contributed by atoms with Crippen molar-refractivity contribution >= 4 is 38.5 Å². The first-order chi connectivity index (χ1) is 16.3. The molecule has 0 saturated carbocycles. The highest BCUT2D eigenvalue weighted by Crippen LogP contribution is 2.33. The van der Waals surface area contributed by atoms with Gasteiger partial charge in [0.25, 0.3) is 5.91 Å². The van der Waals surface area contributed by atoms with E-state index < -0.39 is 6.04 Å².